The lowest BCUT2D eigenvalue weighted by Crippen LogP contribution is -2.11. The van der Waals surface area contributed by atoms with E-state index in [4.69, 9.17) is 11.6 Å². The quantitative estimate of drug-likeness (QED) is 0.423. The Morgan fingerprint density at radius 3 is 2.86 bits per heavy atom. The van der Waals surface area contributed by atoms with Gasteiger partial charge in [0.15, 0.2) is 11.0 Å². The highest BCUT2D eigenvalue weighted by atomic mass is 35.5. The van der Waals surface area contributed by atoms with Gasteiger partial charge in [-0.15, -0.1) is 21.5 Å². The van der Waals surface area contributed by atoms with Gasteiger partial charge in [-0.2, -0.15) is 0 Å². The smallest absolute Gasteiger partial charge is 0.268 e. The minimum Gasteiger partial charge on any atom is -0.309 e. The second-order valence-electron chi connectivity index (χ2n) is 7.03. The predicted molar refractivity (Wildman–Crippen MR) is 118 cm³/mol. The molecule has 1 fully saturated rings. The van der Waals surface area contributed by atoms with E-state index in [1.54, 1.807) is 11.8 Å². The molecule has 3 aromatic heterocycles. The van der Waals surface area contributed by atoms with Crippen molar-refractivity contribution in [3.05, 3.63) is 56.9 Å². The summed E-state index contributed by atoms with van der Waals surface area (Å²) in [7, 11) is 0. The minimum atomic E-state index is -0.0883. The first-order valence-electron chi connectivity index (χ1n) is 9.49. The van der Waals surface area contributed by atoms with Crippen molar-refractivity contribution < 1.29 is 0 Å². The lowest BCUT2D eigenvalue weighted by Gasteiger charge is -2.17. The van der Waals surface area contributed by atoms with Crippen molar-refractivity contribution in [3.63, 3.8) is 0 Å². The molecule has 0 atom stereocenters. The molecule has 29 heavy (non-hydrogen) atoms. The second-order valence-corrected chi connectivity index (χ2v) is 9.30. The Bertz CT molecular complexity index is 1230. The molecular weight excluding hydrogens is 426 g/mol. The summed E-state index contributed by atoms with van der Waals surface area (Å²) in [6.07, 6.45) is 4.63. The molecule has 1 aliphatic carbocycles. The standard InChI is InChI=1S/C20H18ClN5OS2/c21-14-8-4-3-7-13(14)18-24-25-20(26(18)12-5-1-2-6-12)29-11-16-22-15-9-10-28-17(15)19(27)23-16/h3-4,7-10,12H,1-2,5-6,11H2,(H,22,23,27). The van der Waals surface area contributed by atoms with Crippen molar-refractivity contribution in [1.82, 2.24) is 24.7 Å². The van der Waals surface area contributed by atoms with Crippen molar-refractivity contribution >= 4 is 44.9 Å². The van der Waals surface area contributed by atoms with E-state index in [2.05, 4.69) is 24.7 Å². The molecule has 0 radical (unpaired) electrons. The first-order valence-corrected chi connectivity index (χ1v) is 11.7. The molecule has 0 amide bonds. The van der Waals surface area contributed by atoms with Gasteiger partial charge < -0.3 is 4.98 Å². The number of nitrogens with zero attached hydrogens (tertiary/aromatic N) is 4. The molecule has 1 aliphatic rings. The number of hydrogen-bond donors (Lipinski definition) is 1. The van der Waals surface area contributed by atoms with E-state index in [0.717, 1.165) is 34.9 Å². The van der Waals surface area contributed by atoms with Crippen molar-refractivity contribution in [2.75, 3.05) is 0 Å². The van der Waals surface area contributed by atoms with Crippen LogP contribution < -0.4 is 5.56 Å². The molecule has 0 spiro atoms. The molecule has 6 nitrogen and oxygen atoms in total. The van der Waals surface area contributed by atoms with Crippen LogP contribution in [0.4, 0.5) is 0 Å². The van der Waals surface area contributed by atoms with Crippen LogP contribution >= 0.6 is 34.7 Å². The van der Waals surface area contributed by atoms with Crippen LogP contribution in [-0.2, 0) is 5.75 Å². The highest BCUT2D eigenvalue weighted by Gasteiger charge is 2.26. The van der Waals surface area contributed by atoms with Gasteiger partial charge in [-0.1, -0.05) is 48.3 Å². The number of thiophene rings is 1. The van der Waals surface area contributed by atoms with Crippen molar-refractivity contribution in [3.8, 4) is 11.4 Å². The van der Waals surface area contributed by atoms with Crippen molar-refractivity contribution in [2.45, 2.75) is 42.6 Å². The van der Waals surface area contributed by atoms with Crippen LogP contribution in [0.15, 0.2) is 45.7 Å². The average molecular weight is 444 g/mol. The van der Waals surface area contributed by atoms with E-state index in [9.17, 15) is 4.79 Å². The van der Waals surface area contributed by atoms with E-state index in [-0.39, 0.29) is 5.56 Å². The molecule has 0 bridgehead atoms. The molecule has 0 unspecified atom stereocenters. The Hall–Kier alpha value is -2.16. The highest BCUT2D eigenvalue weighted by Crippen LogP contribution is 2.38. The molecule has 0 saturated heterocycles. The van der Waals surface area contributed by atoms with Crippen LogP contribution in [0.1, 0.15) is 37.5 Å². The van der Waals surface area contributed by atoms with Crippen LogP contribution in [0.3, 0.4) is 0 Å². The zero-order valence-corrected chi connectivity index (χ0v) is 17.9. The third-order valence-electron chi connectivity index (χ3n) is 5.17. The van der Waals surface area contributed by atoms with Crippen molar-refractivity contribution in [2.24, 2.45) is 0 Å². The van der Waals surface area contributed by atoms with E-state index in [0.29, 0.717) is 27.3 Å². The number of fused-ring (bicyclic) bond motifs is 1. The Balaban J connectivity index is 1.49. The number of halogens is 1. The van der Waals surface area contributed by atoms with Gasteiger partial charge in [-0.05, 0) is 36.4 Å². The molecule has 4 aromatic rings. The number of H-pyrrole nitrogens is 1. The first-order chi connectivity index (χ1) is 14.2. The van der Waals surface area contributed by atoms with Gasteiger partial charge in [0.1, 0.15) is 10.5 Å². The first kappa shape index (κ1) is 18.8. The summed E-state index contributed by atoms with van der Waals surface area (Å²) in [6, 6.07) is 9.98. The number of benzene rings is 1. The van der Waals surface area contributed by atoms with Crippen LogP contribution in [0.25, 0.3) is 21.6 Å². The van der Waals surface area contributed by atoms with Gasteiger partial charge in [-0.25, -0.2) is 4.98 Å². The Morgan fingerprint density at radius 1 is 1.21 bits per heavy atom. The molecule has 0 aliphatic heterocycles. The zero-order chi connectivity index (χ0) is 19.8. The SMILES string of the molecule is O=c1[nH]c(CSc2nnc(-c3ccccc3Cl)n2C2CCCC2)nc2ccsc12. The summed E-state index contributed by atoms with van der Waals surface area (Å²) in [5.41, 5.74) is 1.55. The van der Waals surface area contributed by atoms with Gasteiger partial charge in [-0.3, -0.25) is 9.36 Å². The largest absolute Gasteiger partial charge is 0.309 e. The van der Waals surface area contributed by atoms with Gasteiger partial charge in [0, 0.05) is 11.6 Å². The molecule has 5 rings (SSSR count). The second kappa shape index (κ2) is 7.93. The van der Waals surface area contributed by atoms with Crippen LogP contribution in [0.2, 0.25) is 5.02 Å². The van der Waals surface area contributed by atoms with Crippen LogP contribution in [0.5, 0.6) is 0 Å². The summed E-state index contributed by atoms with van der Waals surface area (Å²) < 4.78 is 2.88. The monoisotopic (exact) mass is 443 g/mol. The molecule has 1 N–H and O–H groups in total. The third kappa shape index (κ3) is 3.60. The van der Waals surface area contributed by atoms with E-state index >= 15 is 0 Å². The number of hydrogen-bond acceptors (Lipinski definition) is 6. The molecule has 1 aromatic carbocycles. The number of rotatable bonds is 5. The van der Waals surface area contributed by atoms with Gasteiger partial charge in [0.05, 0.1) is 16.3 Å². The number of aromatic amines is 1. The maximum Gasteiger partial charge on any atom is 0.268 e. The van der Waals surface area contributed by atoms with E-state index in [1.165, 1.54) is 24.2 Å². The lowest BCUT2D eigenvalue weighted by molar-refractivity contribution is 0.485. The van der Waals surface area contributed by atoms with Gasteiger partial charge in [0.2, 0.25) is 0 Å². The fraction of sp³-hybridized carbons (Fsp3) is 0.300. The summed E-state index contributed by atoms with van der Waals surface area (Å²) in [5.74, 6) is 1.97. The highest BCUT2D eigenvalue weighted by molar-refractivity contribution is 7.98. The maximum atomic E-state index is 12.2. The molecule has 9 heteroatoms. The summed E-state index contributed by atoms with van der Waals surface area (Å²) in [5, 5.41) is 12.3. The van der Waals surface area contributed by atoms with Gasteiger partial charge in [0.25, 0.3) is 5.56 Å². The zero-order valence-electron chi connectivity index (χ0n) is 15.5. The van der Waals surface area contributed by atoms with Crippen LogP contribution in [0, 0.1) is 0 Å². The Kier molecular flexibility index (Phi) is 5.15. The summed E-state index contributed by atoms with van der Waals surface area (Å²) in [6.45, 7) is 0. The summed E-state index contributed by atoms with van der Waals surface area (Å²) in [4.78, 5) is 19.7. The van der Waals surface area contributed by atoms with Gasteiger partial charge >= 0.3 is 0 Å². The number of nitrogens with one attached hydrogen (secondary N) is 1. The van der Waals surface area contributed by atoms with E-state index in [1.807, 2.05) is 35.7 Å². The fourth-order valence-electron chi connectivity index (χ4n) is 3.82. The predicted octanol–water partition coefficient (Wildman–Crippen LogP) is 5.30. The van der Waals surface area contributed by atoms with Crippen molar-refractivity contribution in [1.29, 1.82) is 0 Å². The Labute approximate surface area is 180 Å². The fourth-order valence-corrected chi connectivity index (χ4v) is 5.64. The third-order valence-corrected chi connectivity index (χ3v) is 7.36. The molecule has 1 saturated carbocycles. The topological polar surface area (TPSA) is 76.5 Å². The molecule has 3 heterocycles. The lowest BCUT2D eigenvalue weighted by atomic mass is 10.2. The average Bonchev–Trinajstić information content (AvgIpc) is 3.46. The number of thioether (sulfide) groups is 1. The van der Waals surface area contributed by atoms with E-state index < -0.39 is 0 Å². The number of aromatic nitrogens is 5. The molecular formula is C20H18ClN5OS2. The molecule has 148 valence electrons. The summed E-state index contributed by atoms with van der Waals surface area (Å²) >= 11 is 9.40. The Morgan fingerprint density at radius 2 is 2.03 bits per heavy atom. The maximum absolute atomic E-state index is 12.2. The van der Waals surface area contributed by atoms with Crippen LogP contribution in [-0.4, -0.2) is 24.7 Å². The minimum absolute atomic E-state index is 0.0883. The normalized spacial score (nSPS) is 14.8.